The van der Waals surface area contributed by atoms with Gasteiger partial charge >= 0.3 is 0 Å². The van der Waals surface area contributed by atoms with E-state index in [1.807, 2.05) is 36.5 Å². The zero-order valence-electron chi connectivity index (χ0n) is 13.0. The Bertz CT molecular complexity index is 919. The first-order valence-corrected chi connectivity index (χ1v) is 7.63. The monoisotopic (exact) mass is 316 g/mol. The smallest absolute Gasteiger partial charge is 0.261 e. The van der Waals surface area contributed by atoms with Crippen LogP contribution in [-0.4, -0.2) is 22.4 Å². The lowest BCUT2D eigenvalue weighted by Crippen LogP contribution is -2.26. The highest BCUT2D eigenvalue weighted by atomic mass is 16.1. The highest BCUT2D eigenvalue weighted by molar-refractivity contribution is 6.01. The van der Waals surface area contributed by atoms with Gasteiger partial charge in [-0.3, -0.25) is 9.78 Å². The molecule has 3 rings (SSSR count). The maximum Gasteiger partial charge on any atom is 0.261 e. The van der Waals surface area contributed by atoms with Crippen molar-refractivity contribution in [2.24, 2.45) is 0 Å². The molecule has 2 N–H and O–H groups in total. The second-order valence-electron chi connectivity index (χ2n) is 5.32. The molecular formula is C19H16N4O. The zero-order chi connectivity index (χ0) is 16.8. The van der Waals surface area contributed by atoms with Crippen molar-refractivity contribution in [2.75, 3.05) is 6.54 Å². The summed E-state index contributed by atoms with van der Waals surface area (Å²) in [5.74, 6) is -0.374. The van der Waals surface area contributed by atoms with Crippen molar-refractivity contribution in [1.29, 1.82) is 5.26 Å². The molecule has 0 aliphatic carbocycles. The van der Waals surface area contributed by atoms with E-state index in [-0.39, 0.29) is 11.5 Å². The lowest BCUT2D eigenvalue weighted by molar-refractivity contribution is -0.117. The number of benzene rings is 1. The van der Waals surface area contributed by atoms with Gasteiger partial charge in [0, 0.05) is 36.0 Å². The van der Waals surface area contributed by atoms with Gasteiger partial charge in [-0.1, -0.05) is 24.3 Å². The molecule has 0 bridgehead atoms. The molecule has 5 heteroatoms. The number of nitrogens with one attached hydrogen (secondary N) is 2. The Balaban J connectivity index is 1.63. The average Bonchev–Trinajstić information content (AvgIpc) is 3.04. The fourth-order valence-corrected chi connectivity index (χ4v) is 2.52. The summed E-state index contributed by atoms with van der Waals surface area (Å²) in [7, 11) is 0. The largest absolute Gasteiger partial charge is 0.361 e. The van der Waals surface area contributed by atoms with Crippen molar-refractivity contribution in [3.63, 3.8) is 0 Å². The van der Waals surface area contributed by atoms with Crippen LogP contribution in [0.25, 0.3) is 17.0 Å². The first-order valence-electron chi connectivity index (χ1n) is 7.63. The number of fused-ring (bicyclic) bond motifs is 1. The molecule has 0 radical (unpaired) electrons. The quantitative estimate of drug-likeness (QED) is 0.561. The van der Waals surface area contributed by atoms with Crippen molar-refractivity contribution >= 4 is 22.9 Å². The van der Waals surface area contributed by atoms with E-state index in [4.69, 9.17) is 0 Å². The van der Waals surface area contributed by atoms with Crippen LogP contribution in [0.3, 0.4) is 0 Å². The third-order valence-corrected chi connectivity index (χ3v) is 3.72. The van der Waals surface area contributed by atoms with Crippen LogP contribution in [0.5, 0.6) is 0 Å². The number of hydrogen-bond donors (Lipinski definition) is 2. The molecule has 0 saturated carbocycles. The first kappa shape index (κ1) is 15.5. The Morgan fingerprint density at radius 3 is 2.96 bits per heavy atom. The van der Waals surface area contributed by atoms with Crippen molar-refractivity contribution < 1.29 is 4.79 Å². The molecular weight excluding hydrogens is 300 g/mol. The Labute approximate surface area is 139 Å². The summed E-state index contributed by atoms with van der Waals surface area (Å²) in [6.45, 7) is 0.465. The fraction of sp³-hybridized carbons (Fsp3) is 0.105. The molecule has 1 aromatic carbocycles. The third kappa shape index (κ3) is 3.50. The van der Waals surface area contributed by atoms with Gasteiger partial charge in [0.1, 0.15) is 11.6 Å². The number of amides is 1. The molecule has 5 nitrogen and oxygen atoms in total. The molecule has 1 amide bonds. The summed E-state index contributed by atoms with van der Waals surface area (Å²) in [5, 5.41) is 13.1. The highest BCUT2D eigenvalue weighted by Crippen LogP contribution is 2.17. The number of H-pyrrole nitrogens is 1. The van der Waals surface area contributed by atoms with Gasteiger partial charge in [-0.05, 0) is 35.8 Å². The number of para-hydroxylation sites is 1. The van der Waals surface area contributed by atoms with E-state index in [2.05, 4.69) is 15.3 Å². The van der Waals surface area contributed by atoms with E-state index >= 15 is 0 Å². The van der Waals surface area contributed by atoms with Crippen LogP contribution in [0, 0.1) is 11.3 Å². The van der Waals surface area contributed by atoms with Crippen molar-refractivity contribution in [1.82, 2.24) is 15.3 Å². The molecule has 0 aliphatic rings. The molecule has 0 saturated heterocycles. The first-order chi connectivity index (χ1) is 11.8. The standard InChI is InChI=1S/C19H16N4O/c20-11-16(10-14-4-3-8-21-12-14)19(24)22-9-7-15-13-23-18-6-2-1-5-17(15)18/h1-6,8,10,12-13,23H,7,9H2,(H,22,24). The maximum absolute atomic E-state index is 12.1. The van der Waals surface area contributed by atoms with E-state index in [9.17, 15) is 10.1 Å². The molecule has 0 spiro atoms. The summed E-state index contributed by atoms with van der Waals surface area (Å²) in [5.41, 5.74) is 3.01. The minimum Gasteiger partial charge on any atom is -0.361 e. The minimum atomic E-state index is -0.374. The fourth-order valence-electron chi connectivity index (χ4n) is 2.52. The van der Waals surface area contributed by atoms with Crippen molar-refractivity contribution in [2.45, 2.75) is 6.42 Å². The van der Waals surface area contributed by atoms with Gasteiger partial charge in [0.2, 0.25) is 0 Å². The molecule has 24 heavy (non-hydrogen) atoms. The molecule has 0 aliphatic heterocycles. The van der Waals surface area contributed by atoms with Crippen LogP contribution in [0.1, 0.15) is 11.1 Å². The Morgan fingerprint density at radius 1 is 1.29 bits per heavy atom. The molecule has 118 valence electrons. The molecule has 0 atom stereocenters. The number of nitriles is 1. The molecule has 2 heterocycles. The number of hydrogen-bond acceptors (Lipinski definition) is 3. The van der Waals surface area contributed by atoms with Gasteiger partial charge in [-0.2, -0.15) is 5.26 Å². The molecule has 0 fully saturated rings. The van der Waals surface area contributed by atoms with Gasteiger partial charge in [0.05, 0.1) is 0 Å². The molecule has 3 aromatic rings. The summed E-state index contributed by atoms with van der Waals surface area (Å²) in [6.07, 6.45) is 7.43. The summed E-state index contributed by atoms with van der Waals surface area (Å²) < 4.78 is 0. The highest BCUT2D eigenvalue weighted by Gasteiger charge is 2.09. The van der Waals surface area contributed by atoms with Gasteiger partial charge in [-0.25, -0.2) is 0 Å². The van der Waals surface area contributed by atoms with Crippen LogP contribution < -0.4 is 5.32 Å². The van der Waals surface area contributed by atoms with E-state index < -0.39 is 0 Å². The second-order valence-corrected chi connectivity index (χ2v) is 5.32. The minimum absolute atomic E-state index is 0.0712. The van der Waals surface area contributed by atoms with Gasteiger partial charge in [0.15, 0.2) is 0 Å². The normalized spacial score (nSPS) is 11.2. The average molecular weight is 316 g/mol. The number of rotatable bonds is 5. The van der Waals surface area contributed by atoms with E-state index in [0.29, 0.717) is 13.0 Å². The summed E-state index contributed by atoms with van der Waals surface area (Å²) >= 11 is 0. The molecule has 0 unspecified atom stereocenters. The molecule has 2 aromatic heterocycles. The van der Waals surface area contributed by atoms with E-state index in [1.165, 1.54) is 6.08 Å². The second kappa shape index (κ2) is 7.25. The summed E-state index contributed by atoms with van der Waals surface area (Å²) in [4.78, 5) is 19.3. The van der Waals surface area contributed by atoms with E-state index in [1.54, 1.807) is 24.5 Å². The van der Waals surface area contributed by atoms with Gasteiger partial charge in [0.25, 0.3) is 5.91 Å². The zero-order valence-corrected chi connectivity index (χ0v) is 13.0. The van der Waals surface area contributed by atoms with Crippen LogP contribution in [0.2, 0.25) is 0 Å². The number of aromatic amines is 1. The number of pyridine rings is 1. The Morgan fingerprint density at radius 2 is 2.17 bits per heavy atom. The van der Waals surface area contributed by atoms with E-state index in [0.717, 1.165) is 22.0 Å². The number of carbonyl (C=O) groups excluding carboxylic acids is 1. The lowest BCUT2D eigenvalue weighted by atomic mass is 10.1. The van der Waals surface area contributed by atoms with Crippen molar-refractivity contribution in [3.8, 4) is 6.07 Å². The number of nitrogens with zero attached hydrogens (tertiary/aromatic N) is 2. The maximum atomic E-state index is 12.1. The predicted molar refractivity (Wildman–Crippen MR) is 92.8 cm³/mol. The van der Waals surface area contributed by atoms with Gasteiger partial charge in [-0.15, -0.1) is 0 Å². The number of carbonyl (C=O) groups is 1. The Hall–Kier alpha value is -3.39. The SMILES string of the molecule is N#CC(=Cc1cccnc1)C(=O)NCCc1c[nH]c2ccccc12. The van der Waals surface area contributed by atoms with Crippen molar-refractivity contribution in [3.05, 3.63) is 71.7 Å². The topological polar surface area (TPSA) is 81.6 Å². The third-order valence-electron chi connectivity index (χ3n) is 3.72. The van der Waals surface area contributed by atoms with Crippen LogP contribution >= 0.6 is 0 Å². The Kier molecular flexibility index (Phi) is 4.68. The summed E-state index contributed by atoms with van der Waals surface area (Å²) in [6, 6.07) is 13.5. The van der Waals surface area contributed by atoms with Crippen LogP contribution in [-0.2, 0) is 11.2 Å². The lowest BCUT2D eigenvalue weighted by Gasteiger charge is -2.04. The predicted octanol–water partition coefficient (Wildman–Crippen LogP) is 2.83. The van der Waals surface area contributed by atoms with Crippen LogP contribution in [0.4, 0.5) is 0 Å². The van der Waals surface area contributed by atoms with Crippen LogP contribution in [0.15, 0.2) is 60.6 Å². The van der Waals surface area contributed by atoms with Gasteiger partial charge < -0.3 is 10.3 Å². The number of aromatic nitrogens is 2.